The predicted octanol–water partition coefficient (Wildman–Crippen LogP) is 0.640. The summed E-state index contributed by atoms with van der Waals surface area (Å²) in [6.45, 7) is 1.26. The molecule has 2 heterocycles. The van der Waals surface area contributed by atoms with Gasteiger partial charge in [-0.3, -0.25) is 9.78 Å². The van der Waals surface area contributed by atoms with Crippen LogP contribution in [0.25, 0.3) is 0 Å². The molecule has 0 aromatic carbocycles. The number of anilines is 1. The topological polar surface area (TPSA) is 151 Å². The highest BCUT2D eigenvalue weighted by Crippen LogP contribution is 2.29. The molecule has 1 unspecified atom stereocenters. The minimum Gasteiger partial charge on any atom is -0.488 e. The molecule has 1 atom stereocenters. The fourth-order valence-electron chi connectivity index (χ4n) is 3.96. The molecule has 2 aliphatic rings. The summed E-state index contributed by atoms with van der Waals surface area (Å²) in [5.41, 5.74) is 12.4. The Morgan fingerprint density at radius 2 is 2.03 bits per heavy atom. The molecule has 1 aromatic heterocycles. The predicted molar refractivity (Wildman–Crippen MR) is 110 cm³/mol. The van der Waals surface area contributed by atoms with E-state index < -0.39 is 12.1 Å². The molecule has 1 saturated heterocycles. The third-order valence-electron chi connectivity index (χ3n) is 5.59. The largest absolute Gasteiger partial charge is 0.488 e. The molecule has 0 radical (unpaired) electrons. The molecule has 9 heteroatoms. The maximum atomic E-state index is 13.0. The Bertz CT molecular complexity index is 707. The van der Waals surface area contributed by atoms with Gasteiger partial charge in [0, 0.05) is 31.8 Å². The molecular weight excluding hydrogens is 370 g/mol. The number of nitrogens with zero attached hydrogens (tertiary/aromatic N) is 2. The maximum Gasteiger partial charge on any atom is 0.233 e. The van der Waals surface area contributed by atoms with Crippen molar-refractivity contribution in [2.75, 3.05) is 18.4 Å². The van der Waals surface area contributed by atoms with Gasteiger partial charge in [-0.05, 0) is 31.6 Å². The number of nitrogens with two attached hydrogens (primary N) is 2. The van der Waals surface area contributed by atoms with Crippen molar-refractivity contribution in [1.29, 1.82) is 5.26 Å². The van der Waals surface area contributed by atoms with Crippen LogP contribution in [0.2, 0.25) is 0 Å². The van der Waals surface area contributed by atoms with Gasteiger partial charge in [0.05, 0.1) is 36.6 Å². The van der Waals surface area contributed by atoms with E-state index in [0.717, 1.165) is 25.7 Å². The molecule has 1 aromatic rings. The number of aromatic nitrogens is 1. The second kappa shape index (κ2) is 10.5. The highest BCUT2D eigenvalue weighted by Gasteiger charge is 2.35. The molecule has 1 amide bonds. The molecule has 7 N–H and O–H groups in total. The Balaban J connectivity index is 1.65. The number of nitriles is 1. The number of nitrogens with one attached hydrogen (secondary N) is 3. The molecule has 2 fully saturated rings. The Labute approximate surface area is 171 Å². The minimum atomic E-state index is -0.855. The number of pyridine rings is 1. The van der Waals surface area contributed by atoms with E-state index in [0.29, 0.717) is 30.9 Å². The standard InChI is InChI=1S/C20H31N7O2/c21-8-6-13-10-25-19(26-11-13)17(18(22)23)20(28)27-15-12-24-9-7-16(15)29-14-4-2-1-3-5-14/h7,9,12-14,17-19,25-26H,1-6,10-11,22-23H2,(H,27,28). The lowest BCUT2D eigenvalue weighted by Crippen LogP contribution is -2.63. The van der Waals surface area contributed by atoms with Crippen LogP contribution in [-0.2, 0) is 4.79 Å². The Morgan fingerprint density at radius 1 is 1.31 bits per heavy atom. The Morgan fingerprint density at radius 3 is 2.69 bits per heavy atom. The third-order valence-corrected chi connectivity index (χ3v) is 5.59. The lowest BCUT2D eigenvalue weighted by atomic mass is 9.96. The lowest BCUT2D eigenvalue weighted by Gasteiger charge is -2.36. The molecule has 158 valence electrons. The number of carbonyl (C=O) groups is 1. The first-order chi connectivity index (χ1) is 14.1. The SMILES string of the molecule is N#CCC1CNC(C(C(=O)Nc2cnccc2OC2CCCCC2)C(N)N)NC1. The van der Waals surface area contributed by atoms with Crippen molar-refractivity contribution in [1.82, 2.24) is 15.6 Å². The fraction of sp³-hybridized carbons (Fsp3) is 0.650. The summed E-state index contributed by atoms with van der Waals surface area (Å²) in [5.74, 6) is -0.183. The second-order valence-electron chi connectivity index (χ2n) is 7.86. The average Bonchev–Trinajstić information content (AvgIpc) is 2.72. The van der Waals surface area contributed by atoms with Gasteiger partial charge in [-0.2, -0.15) is 5.26 Å². The van der Waals surface area contributed by atoms with Gasteiger partial charge in [-0.25, -0.2) is 0 Å². The number of amides is 1. The van der Waals surface area contributed by atoms with E-state index in [1.54, 1.807) is 18.5 Å². The van der Waals surface area contributed by atoms with Crippen molar-refractivity contribution in [2.45, 2.75) is 57.0 Å². The molecule has 0 bridgehead atoms. The van der Waals surface area contributed by atoms with E-state index in [1.807, 2.05) is 0 Å². The van der Waals surface area contributed by atoms with Crippen molar-refractivity contribution in [3.05, 3.63) is 18.5 Å². The molecule has 3 rings (SSSR count). The van der Waals surface area contributed by atoms with Crippen molar-refractivity contribution in [3.8, 4) is 11.8 Å². The van der Waals surface area contributed by atoms with E-state index in [-0.39, 0.29) is 24.1 Å². The van der Waals surface area contributed by atoms with Crippen LogP contribution in [0.15, 0.2) is 18.5 Å². The summed E-state index contributed by atoms with van der Waals surface area (Å²) in [6.07, 6.45) is 8.23. The van der Waals surface area contributed by atoms with Gasteiger partial charge in [0.2, 0.25) is 5.91 Å². The van der Waals surface area contributed by atoms with Crippen molar-refractivity contribution in [2.24, 2.45) is 23.3 Å². The van der Waals surface area contributed by atoms with Gasteiger partial charge in [0.15, 0.2) is 0 Å². The Kier molecular flexibility index (Phi) is 7.77. The number of hydrogen-bond acceptors (Lipinski definition) is 8. The first kappa shape index (κ1) is 21.5. The first-order valence-corrected chi connectivity index (χ1v) is 10.3. The lowest BCUT2D eigenvalue weighted by molar-refractivity contribution is -0.122. The molecule has 9 nitrogen and oxygen atoms in total. The van der Waals surface area contributed by atoms with Gasteiger partial charge >= 0.3 is 0 Å². The monoisotopic (exact) mass is 401 g/mol. The van der Waals surface area contributed by atoms with Crippen molar-refractivity contribution >= 4 is 11.6 Å². The van der Waals surface area contributed by atoms with Crippen LogP contribution in [0.1, 0.15) is 38.5 Å². The number of carbonyl (C=O) groups excluding carboxylic acids is 1. The molecule has 0 spiro atoms. The van der Waals surface area contributed by atoms with Gasteiger partial charge in [-0.15, -0.1) is 0 Å². The maximum absolute atomic E-state index is 13.0. The van der Waals surface area contributed by atoms with Crippen LogP contribution in [-0.4, -0.2) is 42.4 Å². The van der Waals surface area contributed by atoms with E-state index in [2.05, 4.69) is 27.0 Å². The summed E-state index contributed by atoms with van der Waals surface area (Å²) in [6, 6.07) is 3.94. The molecule has 29 heavy (non-hydrogen) atoms. The highest BCUT2D eigenvalue weighted by atomic mass is 16.5. The van der Waals surface area contributed by atoms with Crippen molar-refractivity contribution in [3.63, 3.8) is 0 Å². The summed E-state index contributed by atoms with van der Waals surface area (Å²) >= 11 is 0. The summed E-state index contributed by atoms with van der Waals surface area (Å²) in [4.78, 5) is 17.1. The number of rotatable bonds is 7. The van der Waals surface area contributed by atoms with E-state index in [1.165, 1.54) is 6.42 Å². The van der Waals surface area contributed by atoms with Crippen LogP contribution in [0.4, 0.5) is 5.69 Å². The molecular formula is C20H31N7O2. The quantitative estimate of drug-likeness (QED) is 0.418. The van der Waals surface area contributed by atoms with Gasteiger partial charge in [-0.1, -0.05) is 6.42 Å². The second-order valence-corrected chi connectivity index (χ2v) is 7.86. The van der Waals surface area contributed by atoms with E-state index in [9.17, 15) is 4.79 Å². The van der Waals surface area contributed by atoms with Gasteiger partial charge in [0.25, 0.3) is 0 Å². The molecule has 1 aliphatic heterocycles. The normalized spacial score (nSPS) is 23.9. The minimum absolute atomic E-state index is 0.160. The van der Waals surface area contributed by atoms with Crippen molar-refractivity contribution < 1.29 is 9.53 Å². The van der Waals surface area contributed by atoms with E-state index >= 15 is 0 Å². The van der Waals surface area contributed by atoms with Crippen LogP contribution in [0, 0.1) is 23.2 Å². The number of ether oxygens (including phenoxy) is 1. The van der Waals surface area contributed by atoms with Gasteiger partial charge < -0.3 is 32.2 Å². The number of hydrogen-bond donors (Lipinski definition) is 5. The zero-order valence-corrected chi connectivity index (χ0v) is 16.6. The smallest absolute Gasteiger partial charge is 0.233 e. The van der Waals surface area contributed by atoms with Crippen LogP contribution < -0.4 is 32.2 Å². The van der Waals surface area contributed by atoms with Gasteiger partial charge in [0.1, 0.15) is 11.4 Å². The Hall–Kier alpha value is -2.25. The average molecular weight is 402 g/mol. The molecule has 1 aliphatic carbocycles. The molecule has 1 saturated carbocycles. The summed E-state index contributed by atoms with van der Waals surface area (Å²) in [7, 11) is 0. The zero-order valence-electron chi connectivity index (χ0n) is 16.6. The summed E-state index contributed by atoms with van der Waals surface area (Å²) < 4.78 is 6.13. The fourth-order valence-corrected chi connectivity index (χ4v) is 3.96. The third kappa shape index (κ3) is 5.87. The van der Waals surface area contributed by atoms with Crippen LogP contribution in [0.5, 0.6) is 5.75 Å². The van der Waals surface area contributed by atoms with Crippen LogP contribution >= 0.6 is 0 Å². The summed E-state index contributed by atoms with van der Waals surface area (Å²) in [5, 5.41) is 18.3. The van der Waals surface area contributed by atoms with E-state index in [4.69, 9.17) is 21.5 Å². The first-order valence-electron chi connectivity index (χ1n) is 10.3. The zero-order chi connectivity index (χ0) is 20.6. The van der Waals surface area contributed by atoms with Crippen LogP contribution in [0.3, 0.4) is 0 Å². The highest BCUT2D eigenvalue weighted by molar-refractivity contribution is 5.94.